The summed E-state index contributed by atoms with van der Waals surface area (Å²) in [6.07, 6.45) is 0. The maximum Gasteiger partial charge on any atom is 0.138 e. The number of hydrogen-bond acceptors (Lipinski definition) is 3. The van der Waals surface area contributed by atoms with Crippen LogP contribution in [-0.4, -0.2) is 5.11 Å². The molecule has 0 heterocycles. The van der Waals surface area contributed by atoms with E-state index in [1.807, 2.05) is 19.9 Å². The Balaban J connectivity index is 2.97. The highest BCUT2D eigenvalue weighted by atomic mass is 16.3. The van der Waals surface area contributed by atoms with Gasteiger partial charge < -0.3 is 16.6 Å². The Kier molecular flexibility index (Phi) is 2.78. The second kappa shape index (κ2) is 3.66. The van der Waals surface area contributed by atoms with Crippen LogP contribution in [0.5, 0.6) is 5.75 Å². The van der Waals surface area contributed by atoms with Crippen molar-refractivity contribution in [2.24, 2.45) is 11.7 Å². The van der Waals surface area contributed by atoms with Crippen LogP contribution < -0.4 is 11.5 Å². The fourth-order valence-electron chi connectivity index (χ4n) is 1.15. The van der Waals surface area contributed by atoms with Crippen LogP contribution in [0.3, 0.4) is 0 Å². The number of phenols is 1. The number of rotatable bonds is 2. The van der Waals surface area contributed by atoms with E-state index < -0.39 is 0 Å². The quantitative estimate of drug-likeness (QED) is 0.478. The van der Waals surface area contributed by atoms with Crippen LogP contribution in [0.4, 0.5) is 5.69 Å². The molecule has 1 atom stereocenters. The van der Waals surface area contributed by atoms with Gasteiger partial charge in [-0.1, -0.05) is 19.9 Å². The van der Waals surface area contributed by atoms with Crippen molar-refractivity contribution < 1.29 is 5.11 Å². The summed E-state index contributed by atoms with van der Waals surface area (Å²) in [5, 5.41) is 9.35. The van der Waals surface area contributed by atoms with Crippen LogP contribution >= 0.6 is 0 Å². The molecule has 0 aromatic heterocycles. The summed E-state index contributed by atoms with van der Waals surface area (Å²) in [6.45, 7) is 4.08. The predicted molar refractivity (Wildman–Crippen MR) is 54.3 cm³/mol. The molecule has 0 aliphatic carbocycles. The first kappa shape index (κ1) is 9.86. The van der Waals surface area contributed by atoms with E-state index in [2.05, 4.69) is 0 Å². The molecule has 72 valence electrons. The minimum atomic E-state index is -0.0495. The molecule has 1 unspecified atom stereocenters. The third-order valence-electron chi connectivity index (χ3n) is 2.16. The smallest absolute Gasteiger partial charge is 0.138 e. The maximum absolute atomic E-state index is 9.35. The molecule has 0 spiro atoms. The molecule has 1 aromatic carbocycles. The predicted octanol–water partition coefficient (Wildman–Crippen LogP) is 1.63. The third-order valence-corrected chi connectivity index (χ3v) is 2.16. The lowest BCUT2D eigenvalue weighted by atomic mass is 9.97. The van der Waals surface area contributed by atoms with Crippen LogP contribution in [0.25, 0.3) is 0 Å². The van der Waals surface area contributed by atoms with Crippen molar-refractivity contribution in [2.45, 2.75) is 19.9 Å². The summed E-state index contributed by atoms with van der Waals surface area (Å²) in [4.78, 5) is 0. The molecule has 0 bridgehead atoms. The van der Waals surface area contributed by atoms with Gasteiger partial charge in [0.2, 0.25) is 0 Å². The molecule has 13 heavy (non-hydrogen) atoms. The van der Waals surface area contributed by atoms with E-state index in [1.54, 1.807) is 12.1 Å². The Morgan fingerprint density at radius 3 is 2.38 bits per heavy atom. The van der Waals surface area contributed by atoms with E-state index in [4.69, 9.17) is 11.5 Å². The number of nitrogen functional groups attached to an aromatic ring is 1. The van der Waals surface area contributed by atoms with Crippen LogP contribution in [-0.2, 0) is 0 Å². The molecule has 3 nitrogen and oxygen atoms in total. The largest absolute Gasteiger partial charge is 0.506 e. The van der Waals surface area contributed by atoms with E-state index >= 15 is 0 Å². The highest BCUT2D eigenvalue weighted by molar-refractivity contribution is 5.53. The Hall–Kier alpha value is -1.22. The van der Waals surface area contributed by atoms with Crippen LogP contribution in [0.15, 0.2) is 18.2 Å². The summed E-state index contributed by atoms with van der Waals surface area (Å²) >= 11 is 0. The highest BCUT2D eigenvalue weighted by Crippen LogP contribution is 2.26. The Labute approximate surface area is 78.4 Å². The normalized spacial score (nSPS) is 13.2. The molecule has 0 saturated heterocycles. The van der Waals surface area contributed by atoms with Crippen molar-refractivity contribution in [3.8, 4) is 5.75 Å². The zero-order valence-electron chi connectivity index (χ0n) is 7.99. The average molecular weight is 180 g/mol. The molecule has 1 aromatic rings. The van der Waals surface area contributed by atoms with E-state index in [0.29, 0.717) is 11.6 Å². The van der Waals surface area contributed by atoms with Gasteiger partial charge in [-0.05, 0) is 23.6 Å². The molecule has 0 aliphatic rings. The van der Waals surface area contributed by atoms with E-state index in [0.717, 1.165) is 5.56 Å². The van der Waals surface area contributed by atoms with E-state index in [1.165, 1.54) is 0 Å². The van der Waals surface area contributed by atoms with Gasteiger partial charge in [-0.15, -0.1) is 0 Å². The van der Waals surface area contributed by atoms with Gasteiger partial charge in [0, 0.05) is 6.04 Å². The van der Waals surface area contributed by atoms with Gasteiger partial charge >= 0.3 is 0 Å². The lowest BCUT2D eigenvalue weighted by Gasteiger charge is -2.16. The minimum absolute atomic E-state index is 0.0495. The van der Waals surface area contributed by atoms with Gasteiger partial charge in [0.05, 0.1) is 5.69 Å². The van der Waals surface area contributed by atoms with Crippen molar-refractivity contribution in [1.29, 1.82) is 0 Å². The number of nitrogens with two attached hydrogens (primary N) is 2. The number of hydrogen-bond donors (Lipinski definition) is 3. The first-order valence-corrected chi connectivity index (χ1v) is 4.36. The van der Waals surface area contributed by atoms with Gasteiger partial charge in [-0.25, -0.2) is 0 Å². The Morgan fingerprint density at radius 2 is 1.92 bits per heavy atom. The summed E-state index contributed by atoms with van der Waals surface area (Å²) < 4.78 is 0. The molecule has 5 N–H and O–H groups in total. The first-order chi connectivity index (χ1) is 6.02. The molecular formula is C10H16N2O. The molecular weight excluding hydrogens is 164 g/mol. The number of phenolic OH excluding ortho intramolecular Hbond substituents is 1. The Morgan fingerprint density at radius 1 is 1.31 bits per heavy atom. The molecule has 0 saturated carbocycles. The van der Waals surface area contributed by atoms with Crippen molar-refractivity contribution in [3.05, 3.63) is 23.8 Å². The Bertz CT molecular complexity index is 297. The van der Waals surface area contributed by atoms with Gasteiger partial charge in [-0.3, -0.25) is 0 Å². The molecule has 0 aliphatic heterocycles. The number of benzene rings is 1. The monoisotopic (exact) mass is 180 g/mol. The molecule has 0 amide bonds. The third kappa shape index (κ3) is 2.12. The highest BCUT2D eigenvalue weighted by Gasteiger charge is 2.11. The SMILES string of the molecule is CC(C)C(N)c1ccc(N)c(O)c1. The molecule has 0 radical (unpaired) electrons. The lowest BCUT2D eigenvalue weighted by Crippen LogP contribution is -2.16. The fraction of sp³-hybridized carbons (Fsp3) is 0.400. The number of aromatic hydroxyl groups is 1. The average Bonchev–Trinajstić information content (AvgIpc) is 2.08. The standard InChI is InChI=1S/C10H16N2O/c1-6(2)10(12)7-3-4-8(11)9(13)5-7/h3-6,10,13H,11-12H2,1-2H3. The topological polar surface area (TPSA) is 72.3 Å². The van der Waals surface area contributed by atoms with Gasteiger partial charge in [0.1, 0.15) is 5.75 Å². The van der Waals surface area contributed by atoms with Gasteiger partial charge in [-0.2, -0.15) is 0 Å². The number of anilines is 1. The van der Waals surface area contributed by atoms with Crippen molar-refractivity contribution in [3.63, 3.8) is 0 Å². The van der Waals surface area contributed by atoms with Gasteiger partial charge in [0.15, 0.2) is 0 Å². The molecule has 0 fully saturated rings. The second-order valence-electron chi connectivity index (χ2n) is 3.59. The maximum atomic E-state index is 9.35. The summed E-state index contributed by atoms with van der Waals surface area (Å²) in [5.74, 6) is 0.455. The van der Waals surface area contributed by atoms with Crippen LogP contribution in [0.2, 0.25) is 0 Å². The first-order valence-electron chi connectivity index (χ1n) is 4.36. The van der Waals surface area contributed by atoms with Gasteiger partial charge in [0.25, 0.3) is 0 Å². The van der Waals surface area contributed by atoms with E-state index in [-0.39, 0.29) is 11.8 Å². The van der Waals surface area contributed by atoms with Crippen molar-refractivity contribution in [2.75, 3.05) is 5.73 Å². The molecule has 1 rings (SSSR count). The summed E-state index contributed by atoms with van der Waals surface area (Å²) in [7, 11) is 0. The van der Waals surface area contributed by atoms with Crippen LogP contribution in [0.1, 0.15) is 25.5 Å². The fourth-order valence-corrected chi connectivity index (χ4v) is 1.15. The van der Waals surface area contributed by atoms with E-state index in [9.17, 15) is 5.11 Å². The summed E-state index contributed by atoms with van der Waals surface area (Å²) in [5.41, 5.74) is 12.7. The zero-order valence-corrected chi connectivity index (χ0v) is 7.99. The van der Waals surface area contributed by atoms with Crippen molar-refractivity contribution in [1.82, 2.24) is 0 Å². The second-order valence-corrected chi connectivity index (χ2v) is 3.59. The zero-order chi connectivity index (χ0) is 10.0. The molecule has 3 heteroatoms. The summed E-state index contributed by atoms with van der Waals surface area (Å²) in [6, 6.07) is 5.10. The van der Waals surface area contributed by atoms with Crippen LogP contribution in [0, 0.1) is 5.92 Å². The lowest BCUT2D eigenvalue weighted by molar-refractivity contribution is 0.471. The minimum Gasteiger partial charge on any atom is -0.506 e. The van der Waals surface area contributed by atoms with Crippen molar-refractivity contribution >= 4 is 5.69 Å².